The zero-order chi connectivity index (χ0) is 14.9. The van der Waals surface area contributed by atoms with Crippen molar-refractivity contribution in [3.05, 3.63) is 47.5 Å². The van der Waals surface area contributed by atoms with Gasteiger partial charge >= 0.3 is 0 Å². The van der Waals surface area contributed by atoms with Crippen LogP contribution < -0.4 is 0 Å². The van der Waals surface area contributed by atoms with Crippen LogP contribution in [0.1, 0.15) is 31.9 Å². The monoisotopic (exact) mass is 278 g/mol. The van der Waals surface area contributed by atoms with E-state index in [0.717, 1.165) is 0 Å². The summed E-state index contributed by atoms with van der Waals surface area (Å²) in [5, 5.41) is 0. The summed E-state index contributed by atoms with van der Waals surface area (Å²) in [6.07, 6.45) is 9.88. The molecular weight excluding hydrogens is 256 g/mol. The highest BCUT2D eigenvalue weighted by atomic mass is 32.2. The van der Waals surface area contributed by atoms with Crippen molar-refractivity contribution in [1.29, 1.82) is 0 Å². The molecule has 0 amide bonds. The topological polar surface area (TPSA) is 34.1 Å². The minimum atomic E-state index is -0.891. The smallest absolute Gasteiger partial charge is 0.106 e. The Kier molecular flexibility index (Phi) is 7.92. The summed E-state index contributed by atoms with van der Waals surface area (Å²) in [7, 11) is -0.891. The van der Waals surface area contributed by atoms with Gasteiger partial charge in [-0.2, -0.15) is 0 Å². The number of carbonyl (C=O) groups excluding carboxylic acids is 1. The summed E-state index contributed by atoms with van der Waals surface area (Å²) < 4.78 is 11.3. The van der Waals surface area contributed by atoms with E-state index in [4.69, 9.17) is 4.79 Å². The Morgan fingerprint density at radius 3 is 1.68 bits per heavy atom. The van der Waals surface area contributed by atoms with Crippen LogP contribution in [0, 0.1) is 0 Å². The van der Waals surface area contributed by atoms with Crippen molar-refractivity contribution in [1.82, 2.24) is 0 Å². The number of rotatable bonds is 1. The number of hydrogen-bond donors (Lipinski definition) is 0. The normalized spacial score (nSPS) is 15.8. The van der Waals surface area contributed by atoms with Gasteiger partial charge in [0.15, 0.2) is 0 Å². The van der Waals surface area contributed by atoms with E-state index in [2.05, 4.69) is 24.3 Å². The van der Waals surface area contributed by atoms with Crippen LogP contribution in [0.25, 0.3) is 12.2 Å². The Morgan fingerprint density at radius 1 is 1.00 bits per heavy atom. The molecular formula is C16H22O2S. The van der Waals surface area contributed by atoms with Crippen LogP contribution >= 0.6 is 0 Å². The lowest BCUT2D eigenvalue weighted by Gasteiger charge is -2.17. The predicted octanol–water partition coefficient (Wildman–Crippen LogP) is 3.71. The van der Waals surface area contributed by atoms with Gasteiger partial charge in [-0.25, -0.2) is 0 Å². The van der Waals surface area contributed by atoms with E-state index in [9.17, 15) is 4.21 Å². The molecule has 104 valence electrons. The van der Waals surface area contributed by atoms with Crippen LogP contribution in [-0.4, -0.2) is 22.0 Å². The van der Waals surface area contributed by atoms with Crippen LogP contribution in [0.4, 0.5) is 0 Å². The minimum absolute atomic E-state index is 0.348. The fourth-order valence-corrected chi connectivity index (χ4v) is 2.09. The van der Waals surface area contributed by atoms with Gasteiger partial charge in [-0.3, -0.25) is 4.21 Å². The largest absolute Gasteiger partial charge is 0.307 e. The lowest BCUT2D eigenvalue weighted by Crippen LogP contribution is -2.23. The van der Waals surface area contributed by atoms with Crippen LogP contribution in [0.2, 0.25) is 0 Å². The Bertz CT molecular complexity index is 442. The molecule has 2 nitrogen and oxygen atoms in total. The van der Waals surface area contributed by atoms with Crippen molar-refractivity contribution in [2.75, 3.05) is 6.26 Å². The third-order valence-corrected chi connectivity index (χ3v) is 4.31. The summed E-state index contributed by atoms with van der Waals surface area (Å²) in [5.74, 6) is 0. The maximum absolute atomic E-state index is 11.6. The van der Waals surface area contributed by atoms with Gasteiger partial charge in [-0.15, -0.1) is 0 Å². The molecule has 3 heteroatoms. The SMILES string of the molecule is C=O.CC.CS(=O)C1(C)C=Cc2ccccc2C=C1. The quantitative estimate of drug-likeness (QED) is 0.785. The fraction of sp³-hybridized carbons (Fsp3) is 0.312. The van der Waals surface area contributed by atoms with Gasteiger partial charge in [0.05, 0.1) is 4.75 Å². The van der Waals surface area contributed by atoms with Gasteiger partial charge in [0.1, 0.15) is 6.79 Å². The molecule has 0 radical (unpaired) electrons. The highest BCUT2D eigenvalue weighted by molar-refractivity contribution is 7.86. The van der Waals surface area contributed by atoms with Crippen LogP contribution in [0.3, 0.4) is 0 Å². The molecule has 1 atom stereocenters. The fourth-order valence-electron chi connectivity index (χ4n) is 1.57. The van der Waals surface area contributed by atoms with Gasteiger partial charge < -0.3 is 4.79 Å². The summed E-state index contributed by atoms with van der Waals surface area (Å²) in [6, 6.07) is 8.17. The second-order valence-electron chi connectivity index (χ2n) is 3.93. The molecule has 0 spiro atoms. The molecule has 0 fully saturated rings. The molecule has 19 heavy (non-hydrogen) atoms. The predicted molar refractivity (Wildman–Crippen MR) is 85.5 cm³/mol. The third kappa shape index (κ3) is 4.60. The summed E-state index contributed by atoms with van der Waals surface area (Å²) in [6.45, 7) is 7.99. The first-order chi connectivity index (χ1) is 9.12. The second-order valence-corrected chi connectivity index (χ2v) is 5.72. The summed E-state index contributed by atoms with van der Waals surface area (Å²) >= 11 is 0. The van der Waals surface area contributed by atoms with Crippen molar-refractivity contribution in [2.45, 2.75) is 25.5 Å². The molecule has 1 aromatic rings. The van der Waals surface area contributed by atoms with E-state index in [1.54, 1.807) is 6.26 Å². The van der Waals surface area contributed by atoms with Crippen LogP contribution in [0.15, 0.2) is 36.4 Å². The van der Waals surface area contributed by atoms with Crippen molar-refractivity contribution in [2.24, 2.45) is 0 Å². The van der Waals surface area contributed by atoms with Gasteiger partial charge in [-0.1, -0.05) is 62.4 Å². The van der Waals surface area contributed by atoms with E-state index in [1.165, 1.54) is 11.1 Å². The van der Waals surface area contributed by atoms with E-state index >= 15 is 0 Å². The average molecular weight is 278 g/mol. The summed E-state index contributed by atoms with van der Waals surface area (Å²) in [4.78, 5) is 8.00. The molecule has 0 saturated carbocycles. The van der Waals surface area contributed by atoms with E-state index in [0.29, 0.717) is 0 Å². The second kappa shape index (κ2) is 8.59. The molecule has 0 saturated heterocycles. The first-order valence-corrected chi connectivity index (χ1v) is 7.77. The Morgan fingerprint density at radius 2 is 1.37 bits per heavy atom. The maximum Gasteiger partial charge on any atom is 0.106 e. The Labute approximate surface area is 118 Å². The highest BCUT2D eigenvalue weighted by Gasteiger charge is 2.23. The van der Waals surface area contributed by atoms with Crippen molar-refractivity contribution in [3.8, 4) is 0 Å². The van der Waals surface area contributed by atoms with E-state index < -0.39 is 10.8 Å². The Balaban J connectivity index is 0.000000741. The van der Waals surface area contributed by atoms with Gasteiger partial charge in [-0.05, 0) is 18.1 Å². The molecule has 0 bridgehead atoms. The lowest BCUT2D eigenvalue weighted by molar-refractivity contribution is -0.0979. The number of carbonyl (C=O) groups is 1. The van der Waals surface area contributed by atoms with Crippen molar-refractivity contribution < 1.29 is 9.00 Å². The molecule has 1 aliphatic rings. The van der Waals surface area contributed by atoms with Crippen molar-refractivity contribution in [3.63, 3.8) is 0 Å². The third-order valence-electron chi connectivity index (χ3n) is 2.80. The minimum Gasteiger partial charge on any atom is -0.307 e. The van der Waals surface area contributed by atoms with Crippen LogP contribution in [0.5, 0.6) is 0 Å². The van der Waals surface area contributed by atoms with E-state index in [1.807, 2.05) is 51.8 Å². The van der Waals surface area contributed by atoms with Crippen LogP contribution in [-0.2, 0) is 15.6 Å². The van der Waals surface area contributed by atoms with Gasteiger partial charge in [0.25, 0.3) is 0 Å². The molecule has 1 aliphatic carbocycles. The number of benzene rings is 1. The maximum atomic E-state index is 11.6. The van der Waals surface area contributed by atoms with Gasteiger partial charge in [0, 0.05) is 17.1 Å². The molecule has 0 N–H and O–H groups in total. The summed E-state index contributed by atoms with van der Waals surface area (Å²) in [5.41, 5.74) is 2.37. The average Bonchev–Trinajstić information content (AvgIpc) is 2.64. The number of hydrogen-bond acceptors (Lipinski definition) is 2. The molecule has 1 aromatic carbocycles. The van der Waals surface area contributed by atoms with Crippen molar-refractivity contribution >= 4 is 29.7 Å². The molecule has 1 unspecified atom stereocenters. The molecule has 2 rings (SSSR count). The molecule has 0 aliphatic heterocycles. The van der Waals surface area contributed by atoms with Gasteiger partial charge in [0.2, 0.25) is 0 Å². The highest BCUT2D eigenvalue weighted by Crippen LogP contribution is 2.25. The molecule has 0 aromatic heterocycles. The zero-order valence-corrected chi connectivity index (χ0v) is 12.9. The Hall–Kier alpha value is -1.48. The zero-order valence-electron chi connectivity index (χ0n) is 12.1. The van der Waals surface area contributed by atoms with E-state index in [-0.39, 0.29) is 4.75 Å². The first-order valence-electron chi connectivity index (χ1n) is 6.22. The first kappa shape index (κ1) is 17.5. The standard InChI is InChI=1S/C13H14OS.C2H6.CH2O/c1-13(15(2)14)9-7-11-5-3-4-6-12(11)8-10-13;2*1-2/h3-10H,1-2H3;1-2H3;1H2. The molecule has 0 heterocycles. The number of fused-ring (bicyclic) bond motifs is 1. The lowest BCUT2D eigenvalue weighted by atomic mass is 10.1.